The Hall–Kier alpha value is -3.45. The van der Waals surface area contributed by atoms with E-state index in [0.717, 1.165) is 67.7 Å². The van der Waals surface area contributed by atoms with Gasteiger partial charge in [0.05, 0.1) is 29.9 Å². The summed E-state index contributed by atoms with van der Waals surface area (Å²) in [5, 5.41) is 1.51. The summed E-state index contributed by atoms with van der Waals surface area (Å²) in [6.45, 7) is 5.86. The lowest BCUT2D eigenvalue weighted by Gasteiger charge is -2.36. The zero-order valence-electron chi connectivity index (χ0n) is 19.0. The summed E-state index contributed by atoms with van der Waals surface area (Å²) in [6.07, 6.45) is 5.35. The lowest BCUT2D eigenvalue weighted by molar-refractivity contribution is 0.251. The van der Waals surface area contributed by atoms with Crippen LogP contribution in [0.4, 0.5) is 5.69 Å². The Morgan fingerprint density at radius 2 is 1.73 bits per heavy atom. The molecular formula is C26H29N5O2. The molecule has 170 valence electrons. The smallest absolute Gasteiger partial charge is 0.262 e. The first-order chi connectivity index (χ1) is 16.2. The Labute approximate surface area is 193 Å². The molecule has 1 aliphatic rings. The standard InChI is InChI=1S/C26H29N5O2/c1-33-21-8-6-7-20(17-21)30-15-13-29(14-16-30)11-4-5-12-31-19-28-25-22-9-2-3-10-24(22)27-18-23(25)26(31)32/h2-3,6-10,17-19H,4-5,11-16H2,1H3. The van der Waals surface area contributed by atoms with Crippen LogP contribution in [0.15, 0.2) is 65.8 Å². The second kappa shape index (κ2) is 9.58. The maximum Gasteiger partial charge on any atom is 0.262 e. The van der Waals surface area contributed by atoms with Crippen LogP contribution in [0.1, 0.15) is 12.8 Å². The predicted octanol–water partition coefficient (Wildman–Crippen LogP) is 3.56. The van der Waals surface area contributed by atoms with Gasteiger partial charge in [0.15, 0.2) is 0 Å². The van der Waals surface area contributed by atoms with Crippen molar-refractivity contribution in [2.75, 3.05) is 44.7 Å². The van der Waals surface area contributed by atoms with Crippen molar-refractivity contribution in [3.63, 3.8) is 0 Å². The van der Waals surface area contributed by atoms with Crippen LogP contribution in [0, 0.1) is 0 Å². The van der Waals surface area contributed by atoms with Crippen LogP contribution in [0.25, 0.3) is 21.8 Å². The highest BCUT2D eigenvalue weighted by Gasteiger charge is 2.17. The molecule has 0 aliphatic carbocycles. The van der Waals surface area contributed by atoms with E-state index in [-0.39, 0.29) is 5.56 Å². The lowest BCUT2D eigenvalue weighted by atomic mass is 10.1. The highest BCUT2D eigenvalue weighted by Crippen LogP contribution is 2.22. The van der Waals surface area contributed by atoms with Crippen molar-refractivity contribution in [1.29, 1.82) is 0 Å². The van der Waals surface area contributed by atoms with Gasteiger partial charge in [-0.05, 0) is 37.6 Å². The largest absolute Gasteiger partial charge is 0.497 e. The minimum Gasteiger partial charge on any atom is -0.497 e. The number of nitrogens with zero attached hydrogens (tertiary/aromatic N) is 5. The topological polar surface area (TPSA) is 63.5 Å². The van der Waals surface area contributed by atoms with Gasteiger partial charge in [-0.2, -0.15) is 0 Å². The maximum absolute atomic E-state index is 12.9. The third-order valence-corrected chi connectivity index (χ3v) is 6.48. The van der Waals surface area contributed by atoms with E-state index >= 15 is 0 Å². The zero-order valence-corrected chi connectivity index (χ0v) is 19.0. The van der Waals surface area contributed by atoms with Crippen molar-refractivity contribution < 1.29 is 4.74 Å². The van der Waals surface area contributed by atoms with Gasteiger partial charge in [0.2, 0.25) is 0 Å². The molecule has 3 heterocycles. The average Bonchev–Trinajstić information content (AvgIpc) is 2.88. The Morgan fingerprint density at radius 1 is 0.909 bits per heavy atom. The summed E-state index contributed by atoms with van der Waals surface area (Å²) in [4.78, 5) is 26.9. The highest BCUT2D eigenvalue weighted by molar-refractivity contribution is 6.02. The number of aryl methyl sites for hydroxylation is 1. The van der Waals surface area contributed by atoms with E-state index in [1.165, 1.54) is 5.69 Å². The number of fused-ring (bicyclic) bond motifs is 3. The normalized spacial score (nSPS) is 14.8. The number of para-hydroxylation sites is 1. The molecule has 0 atom stereocenters. The molecule has 0 amide bonds. The summed E-state index contributed by atoms with van der Waals surface area (Å²) in [5.41, 5.74) is 2.81. The first kappa shape index (κ1) is 21.4. The SMILES string of the molecule is COc1cccc(N2CCN(CCCCn3cnc4c(cnc5ccccc54)c3=O)CC2)c1. The maximum atomic E-state index is 12.9. The number of aromatic nitrogens is 3. The van der Waals surface area contributed by atoms with Crippen molar-refractivity contribution in [3.05, 3.63) is 71.4 Å². The molecule has 0 bridgehead atoms. The highest BCUT2D eigenvalue weighted by atomic mass is 16.5. The molecule has 1 aliphatic heterocycles. The summed E-state index contributed by atoms with van der Waals surface area (Å²) < 4.78 is 7.07. The quantitative estimate of drug-likeness (QED) is 0.322. The first-order valence-electron chi connectivity index (χ1n) is 11.6. The van der Waals surface area contributed by atoms with Crippen LogP contribution in [-0.2, 0) is 6.54 Å². The third-order valence-electron chi connectivity index (χ3n) is 6.48. The number of piperazine rings is 1. The average molecular weight is 444 g/mol. The van der Waals surface area contributed by atoms with Crippen molar-refractivity contribution in [2.45, 2.75) is 19.4 Å². The van der Waals surface area contributed by atoms with Crippen molar-refractivity contribution in [1.82, 2.24) is 19.4 Å². The van der Waals surface area contributed by atoms with Gasteiger partial charge in [0.1, 0.15) is 5.75 Å². The van der Waals surface area contributed by atoms with Gasteiger partial charge in [0.25, 0.3) is 5.56 Å². The van der Waals surface area contributed by atoms with Gasteiger partial charge in [-0.3, -0.25) is 19.2 Å². The number of ether oxygens (including phenoxy) is 1. The van der Waals surface area contributed by atoms with Crippen LogP contribution in [0.3, 0.4) is 0 Å². The molecule has 4 aromatic rings. The fourth-order valence-corrected chi connectivity index (χ4v) is 4.57. The Kier molecular flexibility index (Phi) is 6.21. The van der Waals surface area contributed by atoms with Gasteiger partial charge < -0.3 is 9.64 Å². The molecule has 0 spiro atoms. The molecule has 2 aromatic carbocycles. The fraction of sp³-hybridized carbons (Fsp3) is 0.346. The number of hydrogen-bond acceptors (Lipinski definition) is 6. The molecular weight excluding hydrogens is 414 g/mol. The number of methoxy groups -OCH3 is 1. The molecule has 0 radical (unpaired) electrons. The fourth-order valence-electron chi connectivity index (χ4n) is 4.57. The Morgan fingerprint density at radius 3 is 2.58 bits per heavy atom. The molecule has 33 heavy (non-hydrogen) atoms. The second-order valence-electron chi connectivity index (χ2n) is 8.52. The van der Waals surface area contributed by atoms with Crippen molar-refractivity contribution >= 4 is 27.5 Å². The lowest BCUT2D eigenvalue weighted by Crippen LogP contribution is -2.46. The van der Waals surface area contributed by atoms with Gasteiger partial charge in [-0.25, -0.2) is 4.98 Å². The minimum atomic E-state index is -0.00911. The molecule has 5 rings (SSSR count). The van der Waals surface area contributed by atoms with Crippen molar-refractivity contribution in [3.8, 4) is 5.75 Å². The first-order valence-corrected chi connectivity index (χ1v) is 11.6. The van der Waals surface area contributed by atoms with Crippen LogP contribution >= 0.6 is 0 Å². The number of hydrogen-bond donors (Lipinski definition) is 0. The summed E-state index contributed by atoms with van der Waals surface area (Å²) in [6, 6.07) is 16.1. The number of pyridine rings is 1. The van der Waals surface area contributed by atoms with E-state index in [9.17, 15) is 4.79 Å². The van der Waals surface area contributed by atoms with Crippen LogP contribution in [0.2, 0.25) is 0 Å². The van der Waals surface area contributed by atoms with E-state index in [2.05, 4.69) is 31.9 Å². The second-order valence-corrected chi connectivity index (χ2v) is 8.52. The van der Waals surface area contributed by atoms with E-state index in [4.69, 9.17) is 4.74 Å². The van der Waals surface area contributed by atoms with Gasteiger partial charge >= 0.3 is 0 Å². The molecule has 1 fully saturated rings. The molecule has 7 nitrogen and oxygen atoms in total. The monoisotopic (exact) mass is 443 g/mol. The molecule has 0 N–H and O–H groups in total. The van der Waals surface area contributed by atoms with Crippen LogP contribution in [-0.4, -0.2) is 59.3 Å². The van der Waals surface area contributed by atoms with E-state index in [0.29, 0.717) is 11.9 Å². The van der Waals surface area contributed by atoms with Crippen LogP contribution in [0.5, 0.6) is 5.75 Å². The van der Waals surface area contributed by atoms with Gasteiger partial charge in [0, 0.05) is 56.1 Å². The zero-order chi connectivity index (χ0) is 22.6. The van der Waals surface area contributed by atoms with Gasteiger partial charge in [-0.15, -0.1) is 0 Å². The predicted molar refractivity (Wildman–Crippen MR) is 132 cm³/mol. The molecule has 2 aromatic heterocycles. The van der Waals surface area contributed by atoms with Crippen LogP contribution < -0.4 is 15.2 Å². The molecule has 0 unspecified atom stereocenters. The van der Waals surface area contributed by atoms with E-state index in [1.54, 1.807) is 24.2 Å². The Bertz CT molecular complexity index is 1310. The number of benzene rings is 2. The minimum absolute atomic E-state index is 0.00911. The van der Waals surface area contributed by atoms with E-state index in [1.807, 2.05) is 36.4 Å². The number of unbranched alkanes of at least 4 members (excludes halogenated alkanes) is 1. The molecule has 1 saturated heterocycles. The van der Waals surface area contributed by atoms with Crippen molar-refractivity contribution in [2.24, 2.45) is 0 Å². The number of rotatable bonds is 7. The Balaban J connectivity index is 1.14. The van der Waals surface area contributed by atoms with Gasteiger partial charge in [-0.1, -0.05) is 24.3 Å². The molecule has 7 heteroatoms. The molecule has 0 saturated carbocycles. The summed E-state index contributed by atoms with van der Waals surface area (Å²) in [7, 11) is 1.71. The number of anilines is 1. The third kappa shape index (κ3) is 4.54. The summed E-state index contributed by atoms with van der Waals surface area (Å²) >= 11 is 0. The summed E-state index contributed by atoms with van der Waals surface area (Å²) in [5.74, 6) is 0.900. The van der Waals surface area contributed by atoms with E-state index < -0.39 is 0 Å².